The zero-order valence-corrected chi connectivity index (χ0v) is 15.0. The van der Waals surface area contributed by atoms with Gasteiger partial charge in [-0.05, 0) is 83.7 Å². The molecule has 3 heteroatoms. The molecule has 2 nitrogen and oxygen atoms in total. The van der Waals surface area contributed by atoms with Crippen molar-refractivity contribution in [3.05, 3.63) is 63.2 Å². The van der Waals surface area contributed by atoms with Gasteiger partial charge in [-0.1, -0.05) is 24.3 Å². The van der Waals surface area contributed by atoms with Gasteiger partial charge < -0.3 is 10.1 Å². The molecule has 0 saturated carbocycles. The quantitative estimate of drug-likeness (QED) is 0.729. The first kappa shape index (κ1) is 15.8. The molecule has 116 valence electrons. The van der Waals surface area contributed by atoms with Crippen LogP contribution in [-0.2, 0) is 0 Å². The molecule has 0 amide bonds. The predicted molar refractivity (Wildman–Crippen MR) is 99.5 cm³/mol. The van der Waals surface area contributed by atoms with E-state index in [-0.39, 0.29) is 0 Å². The zero-order valence-electron chi connectivity index (χ0n) is 12.9. The van der Waals surface area contributed by atoms with E-state index in [1.165, 1.54) is 27.5 Å². The van der Waals surface area contributed by atoms with E-state index in [4.69, 9.17) is 4.74 Å². The number of nitrogens with one attached hydrogen (secondary N) is 1. The fourth-order valence-corrected chi connectivity index (χ4v) is 3.48. The maximum atomic E-state index is 5.52. The average molecular weight is 407 g/mol. The van der Waals surface area contributed by atoms with Crippen molar-refractivity contribution in [3.8, 4) is 5.75 Å². The van der Waals surface area contributed by atoms with Gasteiger partial charge in [0.1, 0.15) is 5.75 Å². The minimum atomic E-state index is 0.496. The van der Waals surface area contributed by atoms with E-state index in [0.717, 1.165) is 18.9 Å². The zero-order chi connectivity index (χ0) is 15.4. The van der Waals surface area contributed by atoms with Gasteiger partial charge in [-0.3, -0.25) is 0 Å². The highest BCUT2D eigenvalue weighted by Crippen LogP contribution is 2.32. The summed E-state index contributed by atoms with van der Waals surface area (Å²) in [7, 11) is 0. The van der Waals surface area contributed by atoms with E-state index in [2.05, 4.69) is 76.4 Å². The summed E-state index contributed by atoms with van der Waals surface area (Å²) in [5.41, 5.74) is 2.82. The molecule has 0 radical (unpaired) electrons. The van der Waals surface area contributed by atoms with Gasteiger partial charge >= 0.3 is 0 Å². The van der Waals surface area contributed by atoms with E-state index in [1.54, 1.807) is 0 Å². The number of benzene rings is 2. The molecule has 0 spiro atoms. The molecule has 2 atom stereocenters. The number of halogens is 1. The van der Waals surface area contributed by atoms with Crippen molar-refractivity contribution >= 4 is 22.6 Å². The molecule has 1 aliphatic rings. The molecule has 0 aromatic heterocycles. The molecule has 2 aromatic carbocycles. The highest BCUT2D eigenvalue weighted by Gasteiger charge is 2.22. The van der Waals surface area contributed by atoms with E-state index in [0.29, 0.717) is 12.0 Å². The average Bonchev–Trinajstić information content (AvgIpc) is 2.57. The number of piperidine rings is 1. The van der Waals surface area contributed by atoms with Gasteiger partial charge in [-0.25, -0.2) is 0 Å². The number of ether oxygens (including phenoxy) is 1. The van der Waals surface area contributed by atoms with Gasteiger partial charge in [0.25, 0.3) is 0 Å². The third-order valence-corrected chi connectivity index (χ3v) is 5.07. The molecule has 3 rings (SSSR count). The Morgan fingerprint density at radius 1 is 1.00 bits per heavy atom. The molecule has 1 heterocycles. The summed E-state index contributed by atoms with van der Waals surface area (Å²) in [5, 5.41) is 3.71. The summed E-state index contributed by atoms with van der Waals surface area (Å²) >= 11 is 2.36. The van der Waals surface area contributed by atoms with Gasteiger partial charge in [-0.15, -0.1) is 0 Å². The summed E-state index contributed by atoms with van der Waals surface area (Å²) < 4.78 is 6.81. The number of hydrogen-bond acceptors (Lipinski definition) is 2. The summed E-state index contributed by atoms with van der Waals surface area (Å²) in [6.07, 6.45) is 2.43. The molecule has 0 bridgehead atoms. The monoisotopic (exact) mass is 407 g/mol. The standard InChI is InChI=1S/C19H22INO/c1-2-22-18-10-5-14(6-11-18)16-7-12-19(21-13-16)15-3-8-17(20)9-4-15/h3-6,8-11,16,19,21H,2,7,12-13H2,1H3. The van der Waals surface area contributed by atoms with Gasteiger partial charge in [0.05, 0.1) is 6.61 Å². The van der Waals surface area contributed by atoms with E-state index in [9.17, 15) is 0 Å². The van der Waals surface area contributed by atoms with Gasteiger partial charge in [0.15, 0.2) is 0 Å². The lowest BCUT2D eigenvalue weighted by Crippen LogP contribution is -2.32. The van der Waals surface area contributed by atoms with Crippen LogP contribution in [0.1, 0.15) is 42.9 Å². The first-order valence-electron chi connectivity index (χ1n) is 7.98. The summed E-state index contributed by atoms with van der Waals surface area (Å²) in [6.45, 7) is 3.79. The Labute approximate surface area is 146 Å². The lowest BCUT2D eigenvalue weighted by atomic mass is 9.86. The van der Waals surface area contributed by atoms with Crippen molar-refractivity contribution in [1.29, 1.82) is 0 Å². The third-order valence-electron chi connectivity index (χ3n) is 4.35. The lowest BCUT2D eigenvalue weighted by Gasteiger charge is -2.30. The topological polar surface area (TPSA) is 21.3 Å². The number of rotatable bonds is 4. The van der Waals surface area contributed by atoms with Crippen LogP contribution in [0.2, 0.25) is 0 Å². The third kappa shape index (κ3) is 3.82. The van der Waals surface area contributed by atoms with Crippen LogP contribution in [0.15, 0.2) is 48.5 Å². The van der Waals surface area contributed by atoms with Crippen molar-refractivity contribution in [2.45, 2.75) is 31.7 Å². The van der Waals surface area contributed by atoms with E-state index >= 15 is 0 Å². The van der Waals surface area contributed by atoms with Crippen LogP contribution in [0, 0.1) is 3.57 Å². The second-order valence-corrected chi connectivity index (χ2v) is 7.03. The molecule has 22 heavy (non-hydrogen) atoms. The minimum Gasteiger partial charge on any atom is -0.494 e. The maximum absolute atomic E-state index is 5.52. The maximum Gasteiger partial charge on any atom is 0.119 e. The highest BCUT2D eigenvalue weighted by atomic mass is 127. The molecule has 1 fully saturated rings. The molecule has 1 saturated heterocycles. The summed E-state index contributed by atoms with van der Waals surface area (Å²) in [4.78, 5) is 0. The Morgan fingerprint density at radius 2 is 1.68 bits per heavy atom. The minimum absolute atomic E-state index is 0.496. The first-order chi connectivity index (χ1) is 10.8. The molecule has 2 aromatic rings. The second-order valence-electron chi connectivity index (χ2n) is 5.79. The second kappa shape index (κ2) is 7.47. The Balaban J connectivity index is 1.60. The summed E-state index contributed by atoms with van der Waals surface area (Å²) in [6, 6.07) is 18.0. The van der Waals surface area contributed by atoms with Crippen molar-refractivity contribution in [1.82, 2.24) is 5.32 Å². The molecular weight excluding hydrogens is 385 g/mol. The first-order valence-corrected chi connectivity index (χ1v) is 9.05. The van der Waals surface area contributed by atoms with Crippen LogP contribution in [0.25, 0.3) is 0 Å². The molecule has 1 N–H and O–H groups in total. The van der Waals surface area contributed by atoms with Crippen molar-refractivity contribution in [2.75, 3.05) is 13.2 Å². The van der Waals surface area contributed by atoms with E-state index in [1.807, 2.05) is 6.92 Å². The van der Waals surface area contributed by atoms with Crippen LogP contribution in [0.5, 0.6) is 5.75 Å². The SMILES string of the molecule is CCOc1ccc(C2CCC(c3ccc(I)cc3)NC2)cc1. The fourth-order valence-electron chi connectivity index (χ4n) is 3.12. The Kier molecular flexibility index (Phi) is 5.37. The molecule has 0 aliphatic carbocycles. The van der Waals surface area contributed by atoms with Crippen LogP contribution in [0.4, 0.5) is 0 Å². The Morgan fingerprint density at radius 3 is 2.27 bits per heavy atom. The smallest absolute Gasteiger partial charge is 0.119 e. The van der Waals surface area contributed by atoms with Crippen LogP contribution in [-0.4, -0.2) is 13.2 Å². The van der Waals surface area contributed by atoms with E-state index < -0.39 is 0 Å². The summed E-state index contributed by atoms with van der Waals surface area (Å²) in [5.74, 6) is 1.57. The van der Waals surface area contributed by atoms with Crippen molar-refractivity contribution in [3.63, 3.8) is 0 Å². The van der Waals surface area contributed by atoms with Gasteiger partial charge in [0.2, 0.25) is 0 Å². The van der Waals surface area contributed by atoms with Crippen molar-refractivity contribution < 1.29 is 4.74 Å². The Hall–Kier alpha value is -1.07. The Bertz CT molecular complexity index is 586. The van der Waals surface area contributed by atoms with Crippen LogP contribution >= 0.6 is 22.6 Å². The predicted octanol–water partition coefficient (Wildman–Crippen LogP) is 4.90. The lowest BCUT2D eigenvalue weighted by molar-refractivity contribution is 0.339. The number of hydrogen-bond donors (Lipinski definition) is 1. The molecular formula is C19H22INO. The normalized spacial score (nSPS) is 21.5. The van der Waals surface area contributed by atoms with Gasteiger partial charge in [-0.2, -0.15) is 0 Å². The fraction of sp³-hybridized carbons (Fsp3) is 0.368. The van der Waals surface area contributed by atoms with Crippen LogP contribution < -0.4 is 10.1 Å². The van der Waals surface area contributed by atoms with Crippen molar-refractivity contribution in [2.24, 2.45) is 0 Å². The largest absolute Gasteiger partial charge is 0.494 e. The molecule has 1 aliphatic heterocycles. The highest BCUT2D eigenvalue weighted by molar-refractivity contribution is 14.1. The van der Waals surface area contributed by atoms with Gasteiger partial charge in [0, 0.05) is 16.2 Å². The van der Waals surface area contributed by atoms with Crippen LogP contribution in [0.3, 0.4) is 0 Å². The molecule has 2 unspecified atom stereocenters.